The number of rotatable bonds is 5. The van der Waals surface area contributed by atoms with E-state index in [9.17, 15) is 14.9 Å². The highest BCUT2D eigenvalue weighted by atomic mass is 32.1. The summed E-state index contributed by atoms with van der Waals surface area (Å²) in [7, 11) is 1.54. The molecule has 0 spiro atoms. The van der Waals surface area contributed by atoms with Gasteiger partial charge < -0.3 is 4.74 Å². The smallest absolute Gasteiger partial charge is 0.416 e. The summed E-state index contributed by atoms with van der Waals surface area (Å²) in [6, 6.07) is 0. The van der Waals surface area contributed by atoms with Crippen LogP contribution >= 0.6 is 11.3 Å². The zero-order chi connectivity index (χ0) is 18.5. The van der Waals surface area contributed by atoms with Crippen LogP contribution in [0, 0.1) is 10.1 Å². The number of carbonyl (C=O) groups is 1. The van der Waals surface area contributed by atoms with Crippen molar-refractivity contribution in [3.63, 3.8) is 0 Å². The van der Waals surface area contributed by atoms with E-state index in [-0.39, 0.29) is 5.70 Å². The number of amides is 1. The van der Waals surface area contributed by atoms with Gasteiger partial charge in [-0.15, -0.1) is 11.3 Å². The Bertz CT molecular complexity index is 698. The van der Waals surface area contributed by atoms with Gasteiger partial charge in [-0.1, -0.05) is 18.7 Å². The lowest BCUT2D eigenvalue weighted by Gasteiger charge is -2.23. The highest BCUT2D eigenvalue weighted by Crippen LogP contribution is 2.28. The molecule has 1 aromatic heterocycles. The summed E-state index contributed by atoms with van der Waals surface area (Å²) in [6.07, 6.45) is 3.90. The van der Waals surface area contributed by atoms with E-state index in [0.717, 1.165) is 0 Å². The quantitative estimate of drug-likeness (QED) is 0.449. The average Bonchev–Trinajstić information content (AvgIpc) is 2.93. The van der Waals surface area contributed by atoms with Crippen LogP contribution in [0.2, 0.25) is 0 Å². The molecule has 0 saturated carbocycles. The Labute approximate surface area is 145 Å². The van der Waals surface area contributed by atoms with Crippen LogP contribution in [-0.4, -0.2) is 28.6 Å². The second kappa shape index (κ2) is 7.87. The lowest BCUT2D eigenvalue weighted by molar-refractivity contribution is -0.417. The summed E-state index contributed by atoms with van der Waals surface area (Å²) in [4.78, 5) is 28.3. The molecule has 8 heteroatoms. The van der Waals surface area contributed by atoms with E-state index in [1.807, 2.05) is 0 Å². The highest BCUT2D eigenvalue weighted by Gasteiger charge is 2.24. The molecular formula is C16H21N3O4S. The van der Waals surface area contributed by atoms with Crippen LogP contribution in [0.5, 0.6) is 0 Å². The van der Waals surface area contributed by atoms with Crippen LogP contribution in [-0.2, 0) is 4.74 Å². The Morgan fingerprint density at radius 3 is 2.58 bits per heavy atom. The first-order chi connectivity index (χ1) is 11.1. The first-order valence-electron chi connectivity index (χ1n) is 7.17. The number of nitrogens with zero attached hydrogens (tertiary/aromatic N) is 3. The summed E-state index contributed by atoms with van der Waals surface area (Å²) in [6.45, 7) is 10.5. The molecule has 0 atom stereocenters. The average molecular weight is 351 g/mol. The van der Waals surface area contributed by atoms with E-state index < -0.39 is 16.6 Å². The van der Waals surface area contributed by atoms with Gasteiger partial charge in [0.15, 0.2) is 5.13 Å². The maximum atomic E-state index is 12.1. The standard InChI is InChI=1S/C16H21N3O4S/c1-7-9-11(13(8-2)19(21)22)12-10-24-14(17-12)18(6)15(20)23-16(3,4)5/h7-10H,2H2,1,3-6H3/b9-7-,13-11-. The maximum absolute atomic E-state index is 12.1. The number of nitro groups is 1. The minimum Gasteiger partial charge on any atom is -0.443 e. The molecule has 0 bridgehead atoms. The van der Waals surface area contributed by atoms with Crippen molar-refractivity contribution in [1.82, 2.24) is 4.98 Å². The van der Waals surface area contributed by atoms with Gasteiger partial charge >= 0.3 is 6.09 Å². The first kappa shape index (κ1) is 19.6. The Morgan fingerprint density at radius 2 is 2.12 bits per heavy atom. The van der Waals surface area contributed by atoms with Crippen LogP contribution in [0.4, 0.5) is 9.93 Å². The van der Waals surface area contributed by atoms with E-state index in [2.05, 4.69) is 11.6 Å². The largest absolute Gasteiger partial charge is 0.443 e. The van der Waals surface area contributed by atoms with Crippen molar-refractivity contribution in [3.05, 3.63) is 51.7 Å². The van der Waals surface area contributed by atoms with Crippen molar-refractivity contribution in [2.24, 2.45) is 0 Å². The molecule has 0 fully saturated rings. The summed E-state index contributed by atoms with van der Waals surface area (Å²) < 4.78 is 5.28. The third-order valence-corrected chi connectivity index (χ3v) is 3.64. The first-order valence-corrected chi connectivity index (χ1v) is 8.05. The van der Waals surface area contributed by atoms with Crippen molar-refractivity contribution in [2.75, 3.05) is 11.9 Å². The molecule has 1 amide bonds. The van der Waals surface area contributed by atoms with Crippen molar-refractivity contribution in [1.29, 1.82) is 0 Å². The van der Waals surface area contributed by atoms with Crippen molar-refractivity contribution >= 4 is 28.1 Å². The monoisotopic (exact) mass is 351 g/mol. The molecule has 0 aliphatic heterocycles. The number of allylic oxidation sites excluding steroid dienone is 4. The van der Waals surface area contributed by atoms with Gasteiger partial charge in [0.2, 0.25) is 0 Å². The SMILES string of the molecule is C=C/C(=C(\C=C/C)c1csc(N(C)C(=O)OC(C)(C)C)n1)[N+](=O)[O-]. The third kappa shape index (κ3) is 5.02. The summed E-state index contributed by atoms with van der Waals surface area (Å²) in [5.74, 6) is 0. The number of carbonyl (C=O) groups excluding carboxylic acids is 1. The lowest BCUT2D eigenvalue weighted by atomic mass is 10.1. The third-order valence-electron chi connectivity index (χ3n) is 2.72. The molecule has 1 heterocycles. The van der Waals surface area contributed by atoms with Crippen LogP contribution in [0.1, 0.15) is 33.4 Å². The molecule has 0 aromatic carbocycles. The Morgan fingerprint density at radius 1 is 1.50 bits per heavy atom. The molecule has 0 aliphatic carbocycles. The molecule has 1 rings (SSSR count). The van der Waals surface area contributed by atoms with E-state index in [4.69, 9.17) is 4.74 Å². The number of hydrogen-bond donors (Lipinski definition) is 0. The predicted molar refractivity (Wildman–Crippen MR) is 95.7 cm³/mol. The molecule has 1 aromatic rings. The molecular weight excluding hydrogens is 330 g/mol. The molecule has 0 saturated heterocycles. The van der Waals surface area contributed by atoms with E-state index >= 15 is 0 Å². The zero-order valence-electron chi connectivity index (χ0n) is 14.4. The fourth-order valence-electron chi connectivity index (χ4n) is 1.70. The summed E-state index contributed by atoms with van der Waals surface area (Å²) in [5.41, 5.74) is -0.0409. The number of aromatic nitrogens is 1. The van der Waals surface area contributed by atoms with E-state index in [1.165, 1.54) is 29.4 Å². The minimum absolute atomic E-state index is 0.148. The number of hydrogen-bond acceptors (Lipinski definition) is 6. The van der Waals surface area contributed by atoms with Crippen molar-refractivity contribution < 1.29 is 14.5 Å². The van der Waals surface area contributed by atoms with Gasteiger partial charge in [-0.3, -0.25) is 15.0 Å². The van der Waals surface area contributed by atoms with Crippen LogP contribution in [0.25, 0.3) is 5.57 Å². The molecule has 0 aliphatic rings. The van der Waals surface area contributed by atoms with Gasteiger partial charge in [0.1, 0.15) is 5.60 Å². The van der Waals surface area contributed by atoms with Gasteiger partial charge in [-0.25, -0.2) is 9.78 Å². The topological polar surface area (TPSA) is 85.6 Å². The summed E-state index contributed by atoms with van der Waals surface area (Å²) >= 11 is 1.19. The molecule has 7 nitrogen and oxygen atoms in total. The molecule has 130 valence electrons. The Balaban J connectivity index is 3.20. The number of ether oxygens (including phenoxy) is 1. The lowest BCUT2D eigenvalue weighted by Crippen LogP contribution is -2.34. The van der Waals surface area contributed by atoms with Gasteiger partial charge in [0.05, 0.1) is 16.2 Å². The van der Waals surface area contributed by atoms with Crippen molar-refractivity contribution in [3.8, 4) is 0 Å². The highest BCUT2D eigenvalue weighted by molar-refractivity contribution is 7.14. The number of anilines is 1. The van der Waals surface area contributed by atoms with Gasteiger partial charge in [-0.05, 0) is 27.7 Å². The molecule has 0 unspecified atom stereocenters. The Kier molecular flexibility index (Phi) is 6.42. The second-order valence-electron chi connectivity index (χ2n) is 5.81. The van der Waals surface area contributed by atoms with Gasteiger partial charge in [-0.2, -0.15) is 0 Å². The van der Waals surface area contributed by atoms with Gasteiger partial charge in [0.25, 0.3) is 5.70 Å². The zero-order valence-corrected chi connectivity index (χ0v) is 15.2. The fourth-order valence-corrected chi connectivity index (χ4v) is 2.48. The number of thiazole rings is 1. The molecule has 24 heavy (non-hydrogen) atoms. The summed E-state index contributed by atoms with van der Waals surface area (Å²) in [5, 5.41) is 13.2. The molecule has 0 radical (unpaired) electrons. The Hall–Kier alpha value is -2.48. The van der Waals surface area contributed by atoms with E-state index in [1.54, 1.807) is 45.2 Å². The molecule has 0 N–H and O–H groups in total. The minimum atomic E-state index is -0.622. The predicted octanol–water partition coefficient (Wildman–Crippen LogP) is 4.26. The maximum Gasteiger partial charge on any atom is 0.416 e. The second-order valence-corrected chi connectivity index (χ2v) is 6.65. The van der Waals surface area contributed by atoms with Crippen LogP contribution in [0.3, 0.4) is 0 Å². The van der Waals surface area contributed by atoms with Crippen LogP contribution < -0.4 is 4.90 Å². The van der Waals surface area contributed by atoms with Gasteiger partial charge in [0, 0.05) is 18.5 Å². The van der Waals surface area contributed by atoms with Crippen LogP contribution in [0.15, 0.2) is 35.9 Å². The van der Waals surface area contributed by atoms with E-state index in [0.29, 0.717) is 16.4 Å². The van der Waals surface area contributed by atoms with Crippen molar-refractivity contribution in [2.45, 2.75) is 33.3 Å². The normalized spacial score (nSPS) is 12.7. The fraction of sp³-hybridized carbons (Fsp3) is 0.375.